The minimum atomic E-state index is -0.0810. The SMILES string of the molecule is C/C=C/COc1cccc(C(=O)c2ccccc2)c1OC/C=C/C. The summed E-state index contributed by atoms with van der Waals surface area (Å²) in [7, 11) is 0. The highest BCUT2D eigenvalue weighted by Crippen LogP contribution is 2.33. The average molecular weight is 322 g/mol. The van der Waals surface area contributed by atoms with E-state index in [1.165, 1.54) is 0 Å². The van der Waals surface area contributed by atoms with Crippen molar-refractivity contribution in [2.45, 2.75) is 13.8 Å². The van der Waals surface area contributed by atoms with Crippen LogP contribution in [0, 0.1) is 0 Å². The van der Waals surface area contributed by atoms with Crippen molar-refractivity contribution in [2.75, 3.05) is 13.2 Å². The van der Waals surface area contributed by atoms with E-state index in [9.17, 15) is 4.79 Å². The fraction of sp³-hybridized carbons (Fsp3) is 0.190. The molecule has 0 saturated carbocycles. The number of carbonyl (C=O) groups is 1. The molecule has 3 nitrogen and oxygen atoms in total. The third-order valence-electron chi connectivity index (χ3n) is 3.39. The highest BCUT2D eigenvalue weighted by Gasteiger charge is 2.18. The molecule has 0 aliphatic rings. The van der Waals surface area contributed by atoms with E-state index < -0.39 is 0 Å². The molecule has 2 rings (SSSR count). The molecule has 0 aromatic heterocycles. The molecule has 0 bridgehead atoms. The topological polar surface area (TPSA) is 35.5 Å². The van der Waals surface area contributed by atoms with Gasteiger partial charge in [-0.2, -0.15) is 0 Å². The summed E-state index contributed by atoms with van der Waals surface area (Å²) >= 11 is 0. The number of ether oxygens (including phenoxy) is 2. The minimum absolute atomic E-state index is 0.0810. The third kappa shape index (κ3) is 4.59. The Labute approximate surface area is 143 Å². The standard InChI is InChI=1S/C21H22O3/c1-3-5-15-23-19-14-10-13-18(21(19)24-16-6-4-2)20(22)17-11-8-7-9-12-17/h3-14H,15-16H2,1-2H3/b5-3+,6-4+. The second-order valence-corrected chi connectivity index (χ2v) is 5.09. The van der Waals surface area contributed by atoms with E-state index in [0.29, 0.717) is 35.8 Å². The van der Waals surface area contributed by atoms with Crippen LogP contribution in [-0.2, 0) is 0 Å². The van der Waals surface area contributed by atoms with Crippen LogP contribution in [0.1, 0.15) is 29.8 Å². The van der Waals surface area contributed by atoms with Crippen LogP contribution in [0.15, 0.2) is 72.8 Å². The number of ketones is 1. The van der Waals surface area contributed by atoms with E-state index >= 15 is 0 Å². The molecule has 2 aromatic rings. The molecule has 0 amide bonds. The van der Waals surface area contributed by atoms with Gasteiger partial charge in [0.1, 0.15) is 13.2 Å². The van der Waals surface area contributed by atoms with Crippen molar-refractivity contribution >= 4 is 5.78 Å². The second kappa shape index (κ2) is 9.36. The van der Waals surface area contributed by atoms with Crippen LogP contribution in [0.4, 0.5) is 0 Å². The smallest absolute Gasteiger partial charge is 0.196 e. The first-order valence-electron chi connectivity index (χ1n) is 7.98. The normalized spacial score (nSPS) is 11.1. The van der Waals surface area contributed by atoms with Gasteiger partial charge in [-0.1, -0.05) is 60.7 Å². The molecule has 0 aliphatic carbocycles. The van der Waals surface area contributed by atoms with Gasteiger partial charge in [0.15, 0.2) is 17.3 Å². The Kier molecular flexibility index (Phi) is 6.84. The summed E-state index contributed by atoms with van der Waals surface area (Å²) in [6.45, 7) is 4.67. The zero-order valence-electron chi connectivity index (χ0n) is 14.1. The van der Waals surface area contributed by atoms with Gasteiger partial charge in [-0.25, -0.2) is 0 Å². The average Bonchev–Trinajstić information content (AvgIpc) is 2.63. The lowest BCUT2D eigenvalue weighted by Gasteiger charge is -2.14. The van der Waals surface area contributed by atoms with E-state index in [1.54, 1.807) is 18.2 Å². The summed E-state index contributed by atoms with van der Waals surface area (Å²) in [5, 5.41) is 0. The Morgan fingerprint density at radius 1 is 0.875 bits per heavy atom. The van der Waals surface area contributed by atoms with Crippen LogP contribution in [0.5, 0.6) is 11.5 Å². The van der Waals surface area contributed by atoms with Crippen molar-refractivity contribution in [3.05, 3.63) is 84.0 Å². The molecule has 0 saturated heterocycles. The van der Waals surface area contributed by atoms with Crippen molar-refractivity contribution in [1.82, 2.24) is 0 Å². The summed E-state index contributed by atoms with van der Waals surface area (Å²) in [4.78, 5) is 12.8. The van der Waals surface area contributed by atoms with Crippen molar-refractivity contribution < 1.29 is 14.3 Å². The van der Waals surface area contributed by atoms with E-state index in [-0.39, 0.29) is 5.78 Å². The molecule has 0 atom stereocenters. The summed E-state index contributed by atoms with van der Waals surface area (Å²) in [5.74, 6) is 0.968. The predicted molar refractivity (Wildman–Crippen MR) is 96.9 cm³/mol. The van der Waals surface area contributed by atoms with E-state index in [2.05, 4.69) is 0 Å². The number of rotatable bonds is 8. The van der Waals surface area contributed by atoms with Crippen LogP contribution in [0.2, 0.25) is 0 Å². The first kappa shape index (κ1) is 17.5. The molecule has 3 heteroatoms. The molecule has 0 N–H and O–H groups in total. The summed E-state index contributed by atoms with van der Waals surface area (Å²) in [5.41, 5.74) is 1.13. The molecular weight excluding hydrogens is 300 g/mol. The zero-order valence-corrected chi connectivity index (χ0v) is 14.1. The molecule has 0 unspecified atom stereocenters. The Morgan fingerprint density at radius 2 is 1.54 bits per heavy atom. The monoisotopic (exact) mass is 322 g/mol. The number of hydrogen-bond donors (Lipinski definition) is 0. The van der Waals surface area contributed by atoms with Crippen LogP contribution < -0.4 is 9.47 Å². The molecular formula is C21H22O3. The lowest BCUT2D eigenvalue weighted by Crippen LogP contribution is -2.08. The summed E-state index contributed by atoms with van der Waals surface area (Å²) in [6, 6.07) is 14.6. The highest BCUT2D eigenvalue weighted by atomic mass is 16.5. The fourth-order valence-corrected chi connectivity index (χ4v) is 2.16. The maximum atomic E-state index is 12.8. The number of hydrogen-bond acceptors (Lipinski definition) is 3. The van der Waals surface area contributed by atoms with Gasteiger partial charge in [0.25, 0.3) is 0 Å². The number of allylic oxidation sites excluding steroid dienone is 2. The molecule has 0 fully saturated rings. The molecule has 2 aromatic carbocycles. The Morgan fingerprint density at radius 3 is 2.21 bits per heavy atom. The maximum absolute atomic E-state index is 12.8. The van der Waals surface area contributed by atoms with E-state index in [0.717, 1.165) is 0 Å². The lowest BCUT2D eigenvalue weighted by atomic mass is 10.0. The van der Waals surface area contributed by atoms with Gasteiger partial charge in [0, 0.05) is 5.56 Å². The molecule has 0 aliphatic heterocycles. The predicted octanol–water partition coefficient (Wildman–Crippen LogP) is 4.83. The van der Waals surface area contributed by atoms with Gasteiger partial charge in [0.05, 0.1) is 5.56 Å². The molecule has 24 heavy (non-hydrogen) atoms. The van der Waals surface area contributed by atoms with Gasteiger partial charge in [-0.05, 0) is 26.0 Å². The maximum Gasteiger partial charge on any atom is 0.196 e. The minimum Gasteiger partial charge on any atom is -0.486 e. The third-order valence-corrected chi connectivity index (χ3v) is 3.39. The van der Waals surface area contributed by atoms with Gasteiger partial charge >= 0.3 is 0 Å². The number of para-hydroxylation sites is 1. The van der Waals surface area contributed by atoms with Crippen LogP contribution in [0.3, 0.4) is 0 Å². The van der Waals surface area contributed by atoms with E-state index in [4.69, 9.17) is 9.47 Å². The summed E-state index contributed by atoms with van der Waals surface area (Å²) < 4.78 is 11.6. The Bertz CT molecular complexity index is 715. The van der Waals surface area contributed by atoms with Gasteiger partial charge in [-0.15, -0.1) is 0 Å². The first-order chi connectivity index (χ1) is 11.8. The molecule has 124 valence electrons. The van der Waals surface area contributed by atoms with Gasteiger partial charge in [-0.3, -0.25) is 4.79 Å². The van der Waals surface area contributed by atoms with Gasteiger partial charge < -0.3 is 9.47 Å². The van der Waals surface area contributed by atoms with Crippen LogP contribution in [0.25, 0.3) is 0 Å². The number of benzene rings is 2. The number of carbonyl (C=O) groups excluding carboxylic acids is 1. The molecule has 0 spiro atoms. The van der Waals surface area contributed by atoms with Crippen molar-refractivity contribution in [3.8, 4) is 11.5 Å². The van der Waals surface area contributed by atoms with Crippen molar-refractivity contribution in [2.24, 2.45) is 0 Å². The largest absolute Gasteiger partial charge is 0.486 e. The molecule has 0 radical (unpaired) electrons. The first-order valence-corrected chi connectivity index (χ1v) is 7.98. The van der Waals surface area contributed by atoms with Crippen molar-refractivity contribution in [3.63, 3.8) is 0 Å². The Balaban J connectivity index is 2.37. The highest BCUT2D eigenvalue weighted by molar-refractivity contribution is 6.11. The summed E-state index contributed by atoms with van der Waals surface area (Å²) in [6.07, 6.45) is 7.61. The van der Waals surface area contributed by atoms with E-state index in [1.807, 2.05) is 68.5 Å². The lowest BCUT2D eigenvalue weighted by molar-refractivity contribution is 0.103. The quantitative estimate of drug-likeness (QED) is 0.516. The molecule has 0 heterocycles. The van der Waals surface area contributed by atoms with Crippen LogP contribution >= 0.6 is 0 Å². The van der Waals surface area contributed by atoms with Crippen molar-refractivity contribution in [1.29, 1.82) is 0 Å². The second-order valence-electron chi connectivity index (χ2n) is 5.09. The van der Waals surface area contributed by atoms with Gasteiger partial charge in [0.2, 0.25) is 0 Å². The zero-order chi connectivity index (χ0) is 17.2. The fourth-order valence-electron chi connectivity index (χ4n) is 2.16. The Hall–Kier alpha value is -2.81. The van der Waals surface area contributed by atoms with Crippen LogP contribution in [-0.4, -0.2) is 19.0 Å².